The molecule has 3 aliphatic rings. The summed E-state index contributed by atoms with van der Waals surface area (Å²) >= 11 is 0. The molecule has 9 N–H and O–H groups in total. The summed E-state index contributed by atoms with van der Waals surface area (Å²) in [4.78, 5) is 61.9. The van der Waals surface area contributed by atoms with Crippen molar-refractivity contribution in [3.05, 3.63) is 76.5 Å². The predicted molar refractivity (Wildman–Crippen MR) is 326 cm³/mol. The van der Waals surface area contributed by atoms with Gasteiger partial charge in [0.15, 0.2) is 5.71 Å². The van der Waals surface area contributed by atoms with Gasteiger partial charge in [-0.05, 0) is 114 Å². The molecule has 0 radical (unpaired) electrons. The maximum Gasteiger partial charge on any atom is 0.338 e. The molecule has 0 spiro atoms. The van der Waals surface area contributed by atoms with Gasteiger partial charge in [-0.3, -0.25) is 32.4 Å². The summed E-state index contributed by atoms with van der Waals surface area (Å²) < 4.78 is 174. The Morgan fingerprint density at radius 2 is 1.22 bits per heavy atom. The first kappa shape index (κ1) is 70.8. The highest BCUT2D eigenvalue weighted by Crippen LogP contribution is 2.32. The molecular weight excluding hydrogens is 1260 g/mol. The lowest BCUT2D eigenvalue weighted by molar-refractivity contribution is -0.441. The highest BCUT2D eigenvalue weighted by atomic mass is 32.2. The molecule has 6 rings (SSSR count). The zero-order chi connectivity index (χ0) is 64.9. The Hall–Kier alpha value is -6.28. The Kier molecular flexibility index (Phi) is 24.5. The van der Waals surface area contributed by atoms with E-state index in [1.54, 1.807) is 11.8 Å². The van der Waals surface area contributed by atoms with Crippen molar-refractivity contribution >= 4 is 103 Å². The van der Waals surface area contributed by atoms with E-state index in [0.29, 0.717) is 88.5 Å². The minimum absolute atomic E-state index is 0.0389. The Morgan fingerprint density at radius 1 is 0.705 bits per heavy atom. The number of hydrogen-bond donors (Lipinski definition) is 8. The zero-order valence-corrected chi connectivity index (χ0v) is 53.0. The lowest BCUT2D eigenvalue weighted by Gasteiger charge is -2.35. The first-order valence-corrected chi connectivity index (χ1v) is 36.2. The van der Waals surface area contributed by atoms with Crippen LogP contribution in [0.15, 0.2) is 59.2 Å². The van der Waals surface area contributed by atoms with Crippen molar-refractivity contribution < 1.29 is 93.7 Å². The van der Waals surface area contributed by atoms with E-state index < -0.39 is 115 Å². The summed E-state index contributed by atoms with van der Waals surface area (Å²) in [7, 11) is -22.7. The molecule has 3 saturated heterocycles. The second kappa shape index (κ2) is 30.5. The van der Waals surface area contributed by atoms with Crippen LogP contribution in [0.1, 0.15) is 109 Å². The minimum Gasteiger partial charge on any atom is -0.481 e. The monoisotopic (exact) mass is 1330 g/mol. The second-order valence-corrected chi connectivity index (χ2v) is 29.6. The second-order valence-electron chi connectivity index (χ2n) is 21.9. The topological polar surface area (TPSA) is 445 Å². The van der Waals surface area contributed by atoms with Crippen molar-refractivity contribution in [1.29, 1.82) is 0 Å². The number of esters is 1. The molecule has 0 aliphatic carbocycles. The van der Waals surface area contributed by atoms with Crippen molar-refractivity contribution in [2.45, 2.75) is 108 Å². The number of nitrogens with zero attached hydrogens (tertiary/aromatic N) is 8. The van der Waals surface area contributed by atoms with Crippen LogP contribution in [0.4, 0.5) is 29.2 Å². The molecular formula is C53H77N10O20S5+. The number of benzene rings is 2. The summed E-state index contributed by atoms with van der Waals surface area (Å²) in [6, 6.07) is 5.87. The highest BCUT2D eigenvalue weighted by Gasteiger charge is 2.32. The number of nitrogens with two attached hydrogens (primary N) is 1. The molecule has 2 aromatic carbocycles. The molecule has 488 valence electrons. The summed E-state index contributed by atoms with van der Waals surface area (Å²) in [5.41, 5.74) is 7.42. The number of ether oxygens (including phenoxy) is 1. The number of carboxylic acid groups (broad SMARTS) is 1. The van der Waals surface area contributed by atoms with Gasteiger partial charge < -0.3 is 40.5 Å². The average molecular weight is 1330 g/mol. The van der Waals surface area contributed by atoms with E-state index >= 15 is 0 Å². The number of aliphatic carboxylic acids is 1. The average Bonchev–Trinajstić information content (AvgIpc) is 3.11. The predicted octanol–water partition coefficient (Wildman–Crippen LogP) is 3.07. The van der Waals surface area contributed by atoms with Gasteiger partial charge in [0.05, 0.1) is 46.0 Å². The van der Waals surface area contributed by atoms with Gasteiger partial charge in [-0.25, -0.2) is 4.79 Å². The van der Waals surface area contributed by atoms with Crippen molar-refractivity contribution in [2.75, 3.05) is 102 Å². The zero-order valence-electron chi connectivity index (χ0n) is 48.9. The Morgan fingerprint density at radius 3 is 1.74 bits per heavy atom. The summed E-state index contributed by atoms with van der Waals surface area (Å²) in [5, 5.41) is 12.7. The maximum absolute atomic E-state index is 14.6. The van der Waals surface area contributed by atoms with Crippen molar-refractivity contribution in [1.82, 2.24) is 20.3 Å². The number of piperidine rings is 3. The van der Waals surface area contributed by atoms with Crippen LogP contribution in [-0.4, -0.2) is 207 Å². The lowest BCUT2D eigenvalue weighted by Crippen LogP contribution is -2.46. The number of allylic oxidation sites excluding steroid dienone is 4. The molecule has 35 heteroatoms. The van der Waals surface area contributed by atoms with Gasteiger partial charge in [0, 0.05) is 105 Å². The molecule has 0 atom stereocenters. The molecule has 4 heterocycles. The fourth-order valence-electron chi connectivity index (χ4n) is 10.4. The van der Waals surface area contributed by atoms with E-state index in [9.17, 15) is 84.3 Å². The van der Waals surface area contributed by atoms with Crippen LogP contribution in [0, 0.1) is 19.8 Å². The number of carbonyl (C=O) groups excluding carboxylic acids is 2. The molecule has 88 heavy (non-hydrogen) atoms. The van der Waals surface area contributed by atoms with Gasteiger partial charge in [-0.15, -0.1) is 0 Å². The molecule has 3 aliphatic heterocycles. The van der Waals surface area contributed by atoms with E-state index in [2.05, 4.69) is 5.32 Å². The molecule has 0 unspecified atom stereocenters. The van der Waals surface area contributed by atoms with Crippen LogP contribution in [0.5, 0.6) is 0 Å². The Balaban J connectivity index is 1.37. The molecule has 0 bridgehead atoms. The number of rotatable bonds is 29. The first-order valence-electron chi connectivity index (χ1n) is 28.3. The van der Waals surface area contributed by atoms with Crippen molar-refractivity contribution in [3.8, 4) is 0 Å². The number of aromatic nitrogens is 3. The fourth-order valence-corrected chi connectivity index (χ4v) is 13.0. The van der Waals surface area contributed by atoms with Gasteiger partial charge in [-0.2, -0.15) is 61.6 Å². The van der Waals surface area contributed by atoms with Crippen LogP contribution in [0.3, 0.4) is 0 Å². The first-order chi connectivity index (χ1) is 41.0. The van der Waals surface area contributed by atoms with E-state index in [1.165, 1.54) is 54.9 Å². The number of carbonyl (C=O) groups is 3. The number of aryl methyl sites for hydroxylation is 1. The van der Waals surface area contributed by atoms with Gasteiger partial charge in [-0.1, -0.05) is 6.08 Å². The lowest BCUT2D eigenvalue weighted by atomic mass is 9.97. The van der Waals surface area contributed by atoms with Crippen LogP contribution < -0.4 is 30.7 Å². The van der Waals surface area contributed by atoms with Crippen molar-refractivity contribution in [3.63, 3.8) is 0 Å². The van der Waals surface area contributed by atoms with E-state index in [0.717, 1.165) is 25.0 Å². The maximum atomic E-state index is 14.6. The van der Waals surface area contributed by atoms with Crippen LogP contribution in [-0.2, 0) is 60.1 Å². The van der Waals surface area contributed by atoms with E-state index in [-0.39, 0.29) is 90.6 Å². The van der Waals surface area contributed by atoms with Crippen LogP contribution >= 0.6 is 0 Å². The summed E-state index contributed by atoms with van der Waals surface area (Å²) in [6.07, 6.45) is 6.49. The molecule has 1 aromatic heterocycles. The quantitative estimate of drug-likeness (QED) is 0.0124. The normalized spacial score (nSPS) is 16.9. The number of amides is 1. The number of carboxylic acids is 1. The van der Waals surface area contributed by atoms with Crippen LogP contribution in [0.25, 0.3) is 0 Å². The standard InChI is InChI=1S/C53H76N10O20S5/c1-36-33-44(88(80,81)82)12-13-46(36)63(21-7-31-86(74,75)76)43(11-5-29-84(68,69)70)10-4-9-37(2)62(20-6-30-85(71,72)73)47-35-40(34-45(38(47)3)50(67)83-28-8-32-87(77,78)79)48(64)55-42-18-26-61(27-19-42)53-57-51(59-22-14-39(15-23-59)49(65)66)56-52(58-53)60-24-16-41(54)17-25-60/h4,9-10,12-13,33-35,39,41-42H,5-8,11,14-32,54H2,1-3H3,(H6-,55,64,65,66,68,69,70,71,72,73,74,75,76,77,78,79,80,81,82)/p+1. The fraction of sp³-hybridized carbons (Fsp3) is 0.566. The molecule has 3 fully saturated rings. The van der Waals surface area contributed by atoms with Crippen molar-refractivity contribution in [2.24, 2.45) is 11.7 Å². The summed E-state index contributed by atoms with van der Waals surface area (Å²) in [5.74, 6) is -4.60. The third-order valence-corrected chi connectivity index (χ3v) is 19.2. The van der Waals surface area contributed by atoms with Gasteiger partial charge >= 0.3 is 11.9 Å². The van der Waals surface area contributed by atoms with E-state index in [4.69, 9.17) is 25.4 Å². The van der Waals surface area contributed by atoms with Gasteiger partial charge in [0.2, 0.25) is 23.5 Å². The number of anilines is 4. The van der Waals surface area contributed by atoms with Gasteiger partial charge in [0.1, 0.15) is 6.54 Å². The largest absolute Gasteiger partial charge is 0.481 e. The Labute approximate surface area is 512 Å². The summed E-state index contributed by atoms with van der Waals surface area (Å²) in [6.45, 7) is 6.61. The van der Waals surface area contributed by atoms with Gasteiger partial charge in [0.25, 0.3) is 56.5 Å². The Bertz CT molecular complexity index is 3710. The number of hydrogen-bond acceptors (Lipinski definition) is 22. The van der Waals surface area contributed by atoms with Crippen LogP contribution in [0.2, 0.25) is 0 Å². The molecule has 0 saturated carbocycles. The van der Waals surface area contributed by atoms with E-state index in [1.807, 2.05) is 14.7 Å². The molecule has 1 amide bonds. The molecule has 3 aromatic rings. The third-order valence-electron chi connectivity index (χ3n) is 15.2. The smallest absolute Gasteiger partial charge is 0.338 e. The SMILES string of the molecule is C\C(=C/C=C/C(CCCS(=O)(=O)O)=[N+](\CCCS(=O)(=O)O)c1ccc(S(=O)(=O)O)cc1C)N(CCCS(=O)(=O)O)c1cc(C(=O)NC2CCN(c3nc(N4CCC(N)CC4)nc(N4CCC(C(=O)O)CC4)n3)CC2)cc(C(=O)OCCCS(=O)(=O)O)c1C. The number of nitrogens with one attached hydrogen (secondary N) is 1. The third kappa shape index (κ3) is 22.0. The molecule has 30 nitrogen and oxygen atoms in total. The minimum atomic E-state index is -4.69. The highest BCUT2D eigenvalue weighted by molar-refractivity contribution is 7.86.